The molecule has 0 N–H and O–H groups in total. The number of methoxy groups -OCH3 is 1. The van der Waals surface area contributed by atoms with E-state index in [1.54, 1.807) is 7.11 Å². The summed E-state index contributed by atoms with van der Waals surface area (Å²) in [5.74, 6) is 2.13. The third-order valence-corrected chi connectivity index (χ3v) is 2.67. The van der Waals surface area contributed by atoms with Gasteiger partial charge in [0.2, 0.25) is 0 Å². The van der Waals surface area contributed by atoms with Crippen LogP contribution in [0.1, 0.15) is 6.42 Å². The average molecular weight is 141 g/mol. The van der Waals surface area contributed by atoms with Crippen LogP contribution < -0.4 is 0 Å². The highest BCUT2D eigenvalue weighted by Crippen LogP contribution is 2.44. The fourth-order valence-corrected chi connectivity index (χ4v) is 1.90. The Bertz CT molecular complexity index is 116. The predicted molar refractivity (Wildman–Crippen MR) is 39.9 cm³/mol. The second kappa shape index (κ2) is 2.51. The summed E-state index contributed by atoms with van der Waals surface area (Å²) in [6, 6.07) is 0. The topological polar surface area (TPSA) is 12.5 Å². The van der Waals surface area contributed by atoms with Gasteiger partial charge in [-0.15, -0.1) is 0 Å². The molecule has 2 aliphatic rings. The first-order chi connectivity index (χ1) is 4.90. The number of ether oxygens (including phenoxy) is 1. The van der Waals surface area contributed by atoms with Gasteiger partial charge >= 0.3 is 0 Å². The van der Waals surface area contributed by atoms with Gasteiger partial charge in [0.05, 0.1) is 6.61 Å². The van der Waals surface area contributed by atoms with Crippen LogP contribution in [-0.2, 0) is 4.74 Å². The molecule has 2 nitrogen and oxygen atoms in total. The second-order valence-corrected chi connectivity index (χ2v) is 3.51. The summed E-state index contributed by atoms with van der Waals surface area (Å²) >= 11 is 0. The van der Waals surface area contributed by atoms with Gasteiger partial charge in [-0.25, -0.2) is 0 Å². The molecule has 0 aromatic carbocycles. The van der Waals surface area contributed by atoms with Crippen molar-refractivity contribution in [1.82, 2.24) is 4.90 Å². The van der Waals surface area contributed by atoms with E-state index < -0.39 is 0 Å². The van der Waals surface area contributed by atoms with Crippen molar-refractivity contribution < 1.29 is 4.74 Å². The van der Waals surface area contributed by atoms with Crippen molar-refractivity contribution in [2.24, 2.45) is 11.8 Å². The first-order valence-electron chi connectivity index (χ1n) is 4.11. The molecular formula is C8H15NO. The minimum absolute atomic E-state index is 0.902. The standard InChI is InChI=1S/C8H15NO/c1-10-3-2-9-5-7-4-8(7)6-9/h7-8H,2-6H2,1H3. The summed E-state index contributed by atoms with van der Waals surface area (Å²) in [6.07, 6.45) is 1.50. The first kappa shape index (κ1) is 6.62. The van der Waals surface area contributed by atoms with Crippen molar-refractivity contribution in [3.05, 3.63) is 0 Å². The number of fused-ring (bicyclic) bond motifs is 1. The van der Waals surface area contributed by atoms with Crippen LogP contribution in [0.3, 0.4) is 0 Å². The van der Waals surface area contributed by atoms with Crippen molar-refractivity contribution in [2.75, 3.05) is 33.4 Å². The molecule has 1 aliphatic heterocycles. The lowest BCUT2D eigenvalue weighted by atomic mass is 10.4. The lowest BCUT2D eigenvalue weighted by molar-refractivity contribution is 0.155. The maximum absolute atomic E-state index is 5.01. The molecule has 0 bridgehead atoms. The van der Waals surface area contributed by atoms with Gasteiger partial charge < -0.3 is 9.64 Å². The smallest absolute Gasteiger partial charge is 0.0589 e. The molecule has 58 valence electrons. The SMILES string of the molecule is COCCN1CC2CC2C1. The molecule has 0 aromatic heterocycles. The maximum atomic E-state index is 5.01. The van der Waals surface area contributed by atoms with E-state index in [1.165, 1.54) is 19.5 Å². The zero-order chi connectivity index (χ0) is 6.97. The Hall–Kier alpha value is -0.0800. The van der Waals surface area contributed by atoms with E-state index in [0.29, 0.717) is 0 Å². The van der Waals surface area contributed by atoms with E-state index in [4.69, 9.17) is 4.74 Å². The van der Waals surface area contributed by atoms with Gasteiger partial charge in [0, 0.05) is 26.7 Å². The zero-order valence-corrected chi connectivity index (χ0v) is 6.55. The van der Waals surface area contributed by atoms with Gasteiger partial charge in [-0.1, -0.05) is 0 Å². The lowest BCUT2D eigenvalue weighted by Gasteiger charge is -2.15. The number of piperidine rings is 1. The number of hydrogen-bond donors (Lipinski definition) is 0. The van der Waals surface area contributed by atoms with E-state index in [-0.39, 0.29) is 0 Å². The Morgan fingerprint density at radius 1 is 1.40 bits per heavy atom. The van der Waals surface area contributed by atoms with Crippen LogP contribution in [0.15, 0.2) is 0 Å². The van der Waals surface area contributed by atoms with E-state index in [2.05, 4.69) is 4.90 Å². The molecule has 1 saturated heterocycles. The monoisotopic (exact) mass is 141 g/mol. The van der Waals surface area contributed by atoms with E-state index in [9.17, 15) is 0 Å². The van der Waals surface area contributed by atoms with Gasteiger partial charge in [0.1, 0.15) is 0 Å². The van der Waals surface area contributed by atoms with Crippen LogP contribution in [0.25, 0.3) is 0 Å². The van der Waals surface area contributed by atoms with Gasteiger partial charge in [0.15, 0.2) is 0 Å². The summed E-state index contributed by atoms with van der Waals surface area (Å²) in [6.45, 7) is 4.73. The molecule has 0 aromatic rings. The molecule has 1 heterocycles. The van der Waals surface area contributed by atoms with Gasteiger partial charge in [-0.2, -0.15) is 0 Å². The summed E-state index contributed by atoms with van der Waals surface area (Å²) in [7, 11) is 1.77. The summed E-state index contributed by atoms with van der Waals surface area (Å²) in [5.41, 5.74) is 0. The highest BCUT2D eigenvalue weighted by atomic mass is 16.5. The largest absolute Gasteiger partial charge is 0.383 e. The summed E-state index contributed by atoms with van der Waals surface area (Å²) in [4.78, 5) is 2.52. The fraction of sp³-hybridized carbons (Fsp3) is 1.00. The molecular weight excluding hydrogens is 126 g/mol. The molecule has 2 atom stereocenters. The van der Waals surface area contributed by atoms with Crippen molar-refractivity contribution >= 4 is 0 Å². The molecule has 0 amide bonds. The van der Waals surface area contributed by atoms with Crippen LogP contribution in [0.4, 0.5) is 0 Å². The molecule has 2 heteroatoms. The lowest BCUT2D eigenvalue weighted by Crippen LogP contribution is -2.26. The molecule has 2 rings (SSSR count). The Morgan fingerprint density at radius 3 is 2.70 bits per heavy atom. The molecule has 0 radical (unpaired) electrons. The van der Waals surface area contributed by atoms with Crippen molar-refractivity contribution in [3.63, 3.8) is 0 Å². The van der Waals surface area contributed by atoms with Crippen molar-refractivity contribution in [3.8, 4) is 0 Å². The molecule has 1 saturated carbocycles. The molecule has 1 aliphatic carbocycles. The van der Waals surface area contributed by atoms with Crippen molar-refractivity contribution in [2.45, 2.75) is 6.42 Å². The Labute approximate surface area is 62.2 Å². The minimum atomic E-state index is 0.902. The Kier molecular flexibility index (Phi) is 1.66. The number of rotatable bonds is 3. The number of likely N-dealkylation sites (tertiary alicyclic amines) is 1. The molecule has 0 spiro atoms. The number of hydrogen-bond acceptors (Lipinski definition) is 2. The third-order valence-electron chi connectivity index (χ3n) is 2.67. The van der Waals surface area contributed by atoms with Gasteiger partial charge in [0.25, 0.3) is 0 Å². The highest BCUT2D eigenvalue weighted by molar-refractivity contribution is 4.96. The predicted octanol–water partition coefficient (Wildman–Crippen LogP) is 0.585. The van der Waals surface area contributed by atoms with E-state index in [1.807, 2.05) is 0 Å². The Balaban J connectivity index is 1.66. The normalized spacial score (nSPS) is 38.1. The number of nitrogens with zero attached hydrogens (tertiary/aromatic N) is 1. The summed E-state index contributed by atoms with van der Waals surface area (Å²) < 4.78 is 5.01. The fourth-order valence-electron chi connectivity index (χ4n) is 1.90. The van der Waals surface area contributed by atoms with Crippen molar-refractivity contribution in [1.29, 1.82) is 0 Å². The zero-order valence-electron chi connectivity index (χ0n) is 6.55. The summed E-state index contributed by atoms with van der Waals surface area (Å²) in [5, 5.41) is 0. The van der Waals surface area contributed by atoms with Crippen LogP contribution >= 0.6 is 0 Å². The van der Waals surface area contributed by atoms with E-state index >= 15 is 0 Å². The van der Waals surface area contributed by atoms with Crippen LogP contribution in [0, 0.1) is 11.8 Å². The van der Waals surface area contributed by atoms with Gasteiger partial charge in [-0.05, 0) is 18.3 Å². The molecule has 2 fully saturated rings. The Morgan fingerprint density at radius 2 is 2.10 bits per heavy atom. The average Bonchev–Trinajstić information content (AvgIpc) is 2.56. The molecule has 2 unspecified atom stereocenters. The second-order valence-electron chi connectivity index (χ2n) is 3.51. The maximum Gasteiger partial charge on any atom is 0.0589 e. The van der Waals surface area contributed by atoms with E-state index in [0.717, 1.165) is 25.0 Å². The van der Waals surface area contributed by atoms with Crippen LogP contribution in [0.2, 0.25) is 0 Å². The molecule has 10 heavy (non-hydrogen) atoms. The quantitative estimate of drug-likeness (QED) is 0.570. The minimum Gasteiger partial charge on any atom is -0.383 e. The first-order valence-corrected chi connectivity index (χ1v) is 4.11. The van der Waals surface area contributed by atoms with Crippen LogP contribution in [-0.4, -0.2) is 38.3 Å². The van der Waals surface area contributed by atoms with Gasteiger partial charge in [-0.3, -0.25) is 0 Å². The van der Waals surface area contributed by atoms with Crippen LogP contribution in [0.5, 0.6) is 0 Å². The third kappa shape index (κ3) is 1.18. The highest BCUT2D eigenvalue weighted by Gasteiger charge is 2.44.